The van der Waals surface area contributed by atoms with Crippen molar-refractivity contribution >= 4 is 23.2 Å². The van der Waals surface area contributed by atoms with Crippen molar-refractivity contribution in [3.05, 3.63) is 40.7 Å². The van der Waals surface area contributed by atoms with Crippen LogP contribution >= 0.6 is 23.2 Å². The van der Waals surface area contributed by atoms with E-state index >= 15 is 0 Å². The van der Waals surface area contributed by atoms with Gasteiger partial charge in [-0.05, 0) is 6.07 Å². The molecule has 2 nitrogen and oxygen atoms in total. The molecule has 12 heavy (non-hydrogen) atoms. The quantitative estimate of drug-likeness (QED) is 0.592. The van der Waals surface area contributed by atoms with Gasteiger partial charge >= 0.3 is 0 Å². The van der Waals surface area contributed by atoms with Gasteiger partial charge in [0.2, 0.25) is 0 Å². The number of nitrogens with zero attached hydrogens (tertiary/aromatic N) is 1. The van der Waals surface area contributed by atoms with E-state index in [1.54, 1.807) is 18.2 Å². The molecule has 0 aliphatic carbocycles. The van der Waals surface area contributed by atoms with Gasteiger partial charge in [0.05, 0.1) is 6.04 Å². The van der Waals surface area contributed by atoms with Crippen molar-refractivity contribution in [1.29, 1.82) is 0 Å². The van der Waals surface area contributed by atoms with Crippen LogP contribution in [0.4, 0.5) is 0 Å². The molecule has 0 bridgehead atoms. The van der Waals surface area contributed by atoms with E-state index in [1.807, 2.05) is 0 Å². The third kappa shape index (κ3) is 1.97. The first-order valence-corrected chi connectivity index (χ1v) is 4.11. The van der Waals surface area contributed by atoms with E-state index in [2.05, 4.69) is 11.6 Å². The topological polar surface area (TPSA) is 38.9 Å². The molecule has 0 fully saturated rings. The van der Waals surface area contributed by atoms with Gasteiger partial charge < -0.3 is 5.73 Å². The number of pyridine rings is 1. The van der Waals surface area contributed by atoms with Gasteiger partial charge in [0.25, 0.3) is 0 Å². The lowest BCUT2D eigenvalue weighted by atomic mass is 10.1. The van der Waals surface area contributed by atoms with Crippen molar-refractivity contribution in [2.24, 2.45) is 5.73 Å². The van der Waals surface area contributed by atoms with Gasteiger partial charge in [0.1, 0.15) is 10.3 Å². The molecule has 0 spiro atoms. The summed E-state index contributed by atoms with van der Waals surface area (Å²) >= 11 is 11.4. The zero-order chi connectivity index (χ0) is 9.14. The Bertz CT molecular complexity index is 299. The third-order valence-electron chi connectivity index (χ3n) is 1.46. The van der Waals surface area contributed by atoms with Crippen LogP contribution in [0.25, 0.3) is 0 Å². The number of nitrogens with two attached hydrogens (primary N) is 1. The summed E-state index contributed by atoms with van der Waals surface area (Å²) < 4.78 is 0. The van der Waals surface area contributed by atoms with Crippen molar-refractivity contribution < 1.29 is 0 Å². The molecule has 0 saturated carbocycles. The molecule has 64 valence electrons. The van der Waals surface area contributed by atoms with Crippen molar-refractivity contribution in [3.63, 3.8) is 0 Å². The monoisotopic (exact) mass is 202 g/mol. The van der Waals surface area contributed by atoms with Crippen molar-refractivity contribution in [3.8, 4) is 0 Å². The van der Waals surface area contributed by atoms with Crippen LogP contribution < -0.4 is 5.73 Å². The standard InChI is InChI=1S/C8H8Cl2N2/c1-2-6(11)5-3-4-7(9)12-8(5)10/h2-4,6H,1,11H2/t6-/m0/s1. The normalized spacial score (nSPS) is 12.6. The molecule has 1 atom stereocenters. The van der Waals surface area contributed by atoms with E-state index in [0.717, 1.165) is 5.56 Å². The number of hydrogen-bond acceptors (Lipinski definition) is 2. The second-order valence-corrected chi connectivity index (χ2v) is 3.02. The van der Waals surface area contributed by atoms with Crippen LogP contribution in [0.3, 0.4) is 0 Å². The van der Waals surface area contributed by atoms with Crippen molar-refractivity contribution in [1.82, 2.24) is 4.98 Å². The molecule has 0 amide bonds. The number of hydrogen-bond donors (Lipinski definition) is 1. The largest absolute Gasteiger partial charge is 0.321 e. The van der Waals surface area contributed by atoms with Crippen LogP contribution in [0.1, 0.15) is 11.6 Å². The van der Waals surface area contributed by atoms with E-state index in [0.29, 0.717) is 10.3 Å². The molecule has 4 heteroatoms. The Morgan fingerprint density at radius 1 is 1.50 bits per heavy atom. The van der Waals surface area contributed by atoms with Crippen LogP contribution in [-0.2, 0) is 0 Å². The van der Waals surface area contributed by atoms with Crippen LogP contribution in [0, 0.1) is 0 Å². The SMILES string of the molecule is C=C[C@H](N)c1ccc(Cl)nc1Cl. The first-order valence-electron chi connectivity index (χ1n) is 3.35. The molecule has 0 radical (unpaired) electrons. The maximum atomic E-state index is 5.78. The van der Waals surface area contributed by atoms with Gasteiger partial charge in [-0.2, -0.15) is 0 Å². The minimum absolute atomic E-state index is 0.290. The summed E-state index contributed by atoms with van der Waals surface area (Å²) in [6.45, 7) is 3.56. The Kier molecular flexibility index (Phi) is 3.09. The van der Waals surface area contributed by atoms with Gasteiger partial charge in [-0.1, -0.05) is 35.3 Å². The highest BCUT2D eigenvalue weighted by atomic mass is 35.5. The summed E-state index contributed by atoms with van der Waals surface area (Å²) in [6, 6.07) is 3.10. The molecule has 0 aliphatic rings. The zero-order valence-corrected chi connectivity index (χ0v) is 7.81. The van der Waals surface area contributed by atoms with E-state index in [4.69, 9.17) is 28.9 Å². The van der Waals surface area contributed by atoms with E-state index in [9.17, 15) is 0 Å². The molecule has 0 aromatic carbocycles. The average Bonchev–Trinajstić information content (AvgIpc) is 2.03. The first-order chi connectivity index (χ1) is 5.65. The fourth-order valence-corrected chi connectivity index (χ4v) is 1.27. The summed E-state index contributed by atoms with van der Waals surface area (Å²) in [4.78, 5) is 3.85. The Morgan fingerprint density at radius 3 is 2.67 bits per heavy atom. The number of rotatable bonds is 2. The van der Waals surface area contributed by atoms with Gasteiger partial charge in [-0.15, -0.1) is 6.58 Å². The van der Waals surface area contributed by atoms with Crippen LogP contribution in [0.15, 0.2) is 24.8 Å². The minimum atomic E-state index is -0.290. The highest BCUT2D eigenvalue weighted by molar-refractivity contribution is 6.32. The summed E-state index contributed by atoms with van der Waals surface area (Å²) in [6.07, 6.45) is 1.59. The average molecular weight is 203 g/mol. The highest BCUT2D eigenvalue weighted by Gasteiger charge is 2.07. The van der Waals surface area contributed by atoms with Crippen molar-refractivity contribution in [2.75, 3.05) is 0 Å². The summed E-state index contributed by atoms with van der Waals surface area (Å²) in [5.74, 6) is 0. The maximum absolute atomic E-state index is 5.78. The molecular formula is C8H8Cl2N2. The fourth-order valence-electron chi connectivity index (χ4n) is 0.799. The van der Waals surface area contributed by atoms with E-state index in [1.165, 1.54) is 0 Å². The molecule has 1 heterocycles. The predicted molar refractivity (Wildman–Crippen MR) is 51.4 cm³/mol. The molecule has 1 aromatic heterocycles. The van der Waals surface area contributed by atoms with Gasteiger partial charge in [-0.3, -0.25) is 0 Å². The Balaban J connectivity index is 3.09. The third-order valence-corrected chi connectivity index (χ3v) is 1.97. The fraction of sp³-hybridized carbons (Fsp3) is 0.125. The van der Waals surface area contributed by atoms with Gasteiger partial charge in [0.15, 0.2) is 0 Å². The number of halogens is 2. The van der Waals surface area contributed by atoms with E-state index in [-0.39, 0.29) is 6.04 Å². The summed E-state index contributed by atoms with van der Waals surface area (Å²) in [5, 5.41) is 0.690. The minimum Gasteiger partial charge on any atom is -0.321 e. The molecule has 0 aliphatic heterocycles. The Morgan fingerprint density at radius 2 is 2.17 bits per heavy atom. The highest BCUT2D eigenvalue weighted by Crippen LogP contribution is 2.21. The van der Waals surface area contributed by atoms with Crippen molar-refractivity contribution in [2.45, 2.75) is 6.04 Å². The molecule has 1 aromatic rings. The van der Waals surface area contributed by atoms with E-state index < -0.39 is 0 Å². The molecule has 2 N–H and O–H groups in total. The second-order valence-electron chi connectivity index (χ2n) is 2.28. The molecule has 0 saturated heterocycles. The Labute approximate surface area is 81.0 Å². The lowest BCUT2D eigenvalue weighted by Crippen LogP contribution is -2.07. The zero-order valence-electron chi connectivity index (χ0n) is 6.30. The molecule has 1 rings (SSSR count). The molecular weight excluding hydrogens is 195 g/mol. The van der Waals surface area contributed by atoms with Crippen LogP contribution in [0.2, 0.25) is 10.3 Å². The second kappa shape index (κ2) is 3.90. The number of aromatic nitrogens is 1. The lowest BCUT2D eigenvalue weighted by Gasteiger charge is -2.07. The Hall–Kier alpha value is -0.570. The maximum Gasteiger partial charge on any atom is 0.135 e. The predicted octanol–water partition coefficient (Wildman–Crippen LogP) is 2.57. The summed E-state index contributed by atoms with van der Waals surface area (Å²) in [7, 11) is 0. The van der Waals surface area contributed by atoms with Gasteiger partial charge in [0, 0.05) is 5.56 Å². The first kappa shape index (κ1) is 9.52. The van der Waals surface area contributed by atoms with Crippen LogP contribution in [0.5, 0.6) is 0 Å². The summed E-state index contributed by atoms with van der Waals surface area (Å²) in [5.41, 5.74) is 6.39. The molecule has 0 unspecified atom stereocenters. The van der Waals surface area contributed by atoms with Gasteiger partial charge in [-0.25, -0.2) is 4.98 Å². The van der Waals surface area contributed by atoms with Crippen LogP contribution in [-0.4, -0.2) is 4.98 Å². The smallest absolute Gasteiger partial charge is 0.135 e. The lowest BCUT2D eigenvalue weighted by molar-refractivity contribution is 0.904.